The number of hydrogen-bond acceptors (Lipinski definition) is 0. The van der Waals surface area contributed by atoms with E-state index in [0.29, 0.717) is 4.83 Å². The van der Waals surface area contributed by atoms with Crippen LogP contribution in [0.25, 0.3) is 0 Å². The van der Waals surface area contributed by atoms with Gasteiger partial charge in [-0.2, -0.15) is 0 Å². The Morgan fingerprint density at radius 2 is 2.11 bits per heavy atom. The van der Waals surface area contributed by atoms with Gasteiger partial charge in [0.25, 0.3) is 0 Å². The Kier molecular flexibility index (Phi) is 2.50. The van der Waals surface area contributed by atoms with E-state index in [1.54, 1.807) is 0 Å². The summed E-state index contributed by atoms with van der Waals surface area (Å²) in [6, 6.07) is 0. The SMILES string of the molecule is C[C@@H]1C(F)CCC[C@@H]1Br. The second-order valence-electron chi connectivity index (χ2n) is 2.82. The largest absolute Gasteiger partial charge is 0.247 e. The molecule has 0 aromatic carbocycles. The molecule has 0 nitrogen and oxygen atoms in total. The maximum absolute atomic E-state index is 12.8. The van der Waals surface area contributed by atoms with Crippen LogP contribution in [0.2, 0.25) is 0 Å². The van der Waals surface area contributed by atoms with Crippen molar-refractivity contribution in [2.75, 3.05) is 0 Å². The van der Waals surface area contributed by atoms with Crippen molar-refractivity contribution in [2.45, 2.75) is 37.2 Å². The van der Waals surface area contributed by atoms with Gasteiger partial charge in [-0.05, 0) is 25.2 Å². The van der Waals surface area contributed by atoms with Crippen molar-refractivity contribution >= 4 is 15.9 Å². The third-order valence-electron chi connectivity index (χ3n) is 2.10. The van der Waals surface area contributed by atoms with Crippen molar-refractivity contribution in [1.82, 2.24) is 0 Å². The standard InChI is InChI=1S/C7H12BrF/c1-5-6(8)3-2-4-7(5)9/h5-7H,2-4H2,1H3/t5-,6-,7?/m0/s1. The number of alkyl halides is 2. The van der Waals surface area contributed by atoms with Crippen molar-refractivity contribution in [3.05, 3.63) is 0 Å². The minimum absolute atomic E-state index is 0.221. The summed E-state index contributed by atoms with van der Waals surface area (Å²) >= 11 is 3.45. The van der Waals surface area contributed by atoms with Gasteiger partial charge in [0.05, 0.1) is 0 Å². The van der Waals surface area contributed by atoms with Crippen LogP contribution in [-0.2, 0) is 0 Å². The smallest absolute Gasteiger partial charge is 0.104 e. The van der Waals surface area contributed by atoms with Crippen LogP contribution in [0.5, 0.6) is 0 Å². The molecule has 0 aromatic heterocycles. The molecule has 0 bridgehead atoms. The average Bonchev–Trinajstić information content (AvgIpc) is 1.83. The summed E-state index contributed by atoms with van der Waals surface area (Å²) in [5.74, 6) is 0.221. The van der Waals surface area contributed by atoms with E-state index in [-0.39, 0.29) is 5.92 Å². The highest BCUT2D eigenvalue weighted by Gasteiger charge is 2.27. The Hall–Kier alpha value is 0.410. The summed E-state index contributed by atoms with van der Waals surface area (Å²) in [5.41, 5.74) is 0. The number of halogens is 2. The summed E-state index contributed by atoms with van der Waals surface area (Å²) in [6.45, 7) is 1.98. The molecule has 1 unspecified atom stereocenters. The van der Waals surface area contributed by atoms with Gasteiger partial charge < -0.3 is 0 Å². The minimum atomic E-state index is -0.567. The Bertz CT molecular complexity index is 84.9. The van der Waals surface area contributed by atoms with Gasteiger partial charge in [-0.1, -0.05) is 22.9 Å². The van der Waals surface area contributed by atoms with E-state index in [9.17, 15) is 4.39 Å². The van der Waals surface area contributed by atoms with Gasteiger partial charge in [-0.15, -0.1) is 0 Å². The Labute approximate surface area is 64.0 Å². The summed E-state index contributed by atoms with van der Waals surface area (Å²) in [5, 5.41) is 0. The second kappa shape index (κ2) is 3.00. The van der Waals surface area contributed by atoms with Crippen molar-refractivity contribution in [3.8, 4) is 0 Å². The Morgan fingerprint density at radius 1 is 1.44 bits per heavy atom. The lowest BCUT2D eigenvalue weighted by Crippen LogP contribution is -2.26. The first-order valence-electron chi connectivity index (χ1n) is 3.50. The first-order valence-corrected chi connectivity index (χ1v) is 4.41. The molecule has 54 valence electrons. The van der Waals surface area contributed by atoms with Gasteiger partial charge in [-0.25, -0.2) is 4.39 Å². The summed E-state index contributed by atoms with van der Waals surface area (Å²) < 4.78 is 12.8. The lowest BCUT2D eigenvalue weighted by molar-refractivity contribution is 0.187. The van der Waals surface area contributed by atoms with Gasteiger partial charge in [0, 0.05) is 4.83 Å². The van der Waals surface area contributed by atoms with Crippen LogP contribution in [0, 0.1) is 5.92 Å². The molecule has 1 fully saturated rings. The molecule has 1 saturated carbocycles. The molecule has 0 heterocycles. The van der Waals surface area contributed by atoms with Crippen molar-refractivity contribution in [2.24, 2.45) is 5.92 Å². The molecule has 1 aliphatic carbocycles. The van der Waals surface area contributed by atoms with Crippen LogP contribution < -0.4 is 0 Å². The van der Waals surface area contributed by atoms with Gasteiger partial charge in [-0.3, -0.25) is 0 Å². The molecule has 0 aromatic rings. The monoisotopic (exact) mass is 194 g/mol. The van der Waals surface area contributed by atoms with E-state index in [0.717, 1.165) is 19.3 Å². The van der Waals surface area contributed by atoms with Crippen LogP contribution in [0.3, 0.4) is 0 Å². The van der Waals surface area contributed by atoms with Crippen LogP contribution >= 0.6 is 15.9 Å². The molecule has 0 amide bonds. The second-order valence-corrected chi connectivity index (χ2v) is 4.00. The zero-order valence-corrected chi connectivity index (χ0v) is 7.20. The van der Waals surface area contributed by atoms with Crippen molar-refractivity contribution < 1.29 is 4.39 Å². The molecule has 0 saturated heterocycles. The lowest BCUT2D eigenvalue weighted by Gasteiger charge is -2.27. The van der Waals surface area contributed by atoms with E-state index in [4.69, 9.17) is 0 Å². The number of rotatable bonds is 0. The molecule has 9 heavy (non-hydrogen) atoms. The molecule has 1 aliphatic rings. The quantitative estimate of drug-likeness (QED) is 0.521. The molecule has 0 spiro atoms. The fraction of sp³-hybridized carbons (Fsp3) is 1.00. The van der Waals surface area contributed by atoms with Crippen LogP contribution in [0.4, 0.5) is 4.39 Å². The maximum Gasteiger partial charge on any atom is 0.104 e. The van der Waals surface area contributed by atoms with E-state index in [1.165, 1.54) is 0 Å². The van der Waals surface area contributed by atoms with Gasteiger partial charge in [0.2, 0.25) is 0 Å². The molecule has 3 atom stereocenters. The normalized spacial score (nSPS) is 45.0. The van der Waals surface area contributed by atoms with Gasteiger partial charge in [0.15, 0.2) is 0 Å². The van der Waals surface area contributed by atoms with Crippen LogP contribution in [0.15, 0.2) is 0 Å². The van der Waals surface area contributed by atoms with Crippen molar-refractivity contribution in [1.29, 1.82) is 0 Å². The third kappa shape index (κ3) is 1.66. The molecular formula is C7H12BrF. The molecule has 2 heteroatoms. The minimum Gasteiger partial charge on any atom is -0.247 e. The van der Waals surface area contributed by atoms with E-state index in [1.807, 2.05) is 6.92 Å². The molecule has 0 radical (unpaired) electrons. The fourth-order valence-corrected chi connectivity index (χ4v) is 1.92. The number of hydrogen-bond donors (Lipinski definition) is 0. The summed E-state index contributed by atoms with van der Waals surface area (Å²) in [4.78, 5) is 0.418. The molecule has 0 N–H and O–H groups in total. The van der Waals surface area contributed by atoms with Crippen LogP contribution in [-0.4, -0.2) is 11.0 Å². The predicted octanol–water partition coefficient (Wildman–Crippen LogP) is 2.91. The predicted molar refractivity (Wildman–Crippen MR) is 40.6 cm³/mol. The summed E-state index contributed by atoms with van der Waals surface area (Å²) in [6.07, 6.45) is 2.38. The van der Waals surface area contributed by atoms with Gasteiger partial charge >= 0.3 is 0 Å². The zero-order valence-electron chi connectivity index (χ0n) is 5.61. The third-order valence-corrected chi connectivity index (χ3v) is 3.39. The van der Waals surface area contributed by atoms with E-state index >= 15 is 0 Å². The van der Waals surface area contributed by atoms with E-state index < -0.39 is 6.17 Å². The lowest BCUT2D eigenvalue weighted by atomic mass is 9.89. The topological polar surface area (TPSA) is 0 Å². The summed E-state index contributed by atoms with van der Waals surface area (Å²) in [7, 11) is 0. The zero-order chi connectivity index (χ0) is 6.85. The Balaban J connectivity index is 2.41. The van der Waals surface area contributed by atoms with E-state index in [2.05, 4.69) is 15.9 Å². The van der Waals surface area contributed by atoms with Gasteiger partial charge in [0.1, 0.15) is 6.17 Å². The first kappa shape index (κ1) is 7.52. The highest BCUT2D eigenvalue weighted by Crippen LogP contribution is 2.31. The average molecular weight is 195 g/mol. The highest BCUT2D eigenvalue weighted by atomic mass is 79.9. The molecule has 1 rings (SSSR count). The Morgan fingerprint density at radius 3 is 2.56 bits per heavy atom. The van der Waals surface area contributed by atoms with Crippen molar-refractivity contribution in [3.63, 3.8) is 0 Å². The van der Waals surface area contributed by atoms with Crippen LogP contribution in [0.1, 0.15) is 26.2 Å². The fourth-order valence-electron chi connectivity index (χ4n) is 1.26. The maximum atomic E-state index is 12.8. The first-order chi connectivity index (χ1) is 4.22. The highest BCUT2D eigenvalue weighted by molar-refractivity contribution is 9.09. The molecular weight excluding hydrogens is 183 g/mol. The molecule has 0 aliphatic heterocycles.